The molecule has 0 atom stereocenters. The van der Waals surface area contributed by atoms with Crippen LogP contribution in [-0.4, -0.2) is 19.3 Å². The van der Waals surface area contributed by atoms with Crippen molar-refractivity contribution in [3.05, 3.63) is 17.5 Å². The Balaban J connectivity index is 2.18. The zero-order valence-corrected chi connectivity index (χ0v) is 11.3. The van der Waals surface area contributed by atoms with Crippen molar-refractivity contribution in [1.29, 1.82) is 0 Å². The fraction of sp³-hybridized carbons (Fsp3) is 0.556. The molecule has 1 heterocycles. The zero-order chi connectivity index (χ0) is 10.9. The number of nitrogens with one attached hydrogen (secondary N) is 1. The summed E-state index contributed by atoms with van der Waals surface area (Å²) in [6, 6.07) is 3.38. The molecule has 1 saturated carbocycles. The van der Waals surface area contributed by atoms with Crippen LogP contribution < -0.4 is 4.72 Å². The molecular formula is C9H12BrNO2S2. The van der Waals surface area contributed by atoms with Crippen LogP contribution in [-0.2, 0) is 10.0 Å². The van der Waals surface area contributed by atoms with Crippen LogP contribution >= 0.6 is 27.3 Å². The summed E-state index contributed by atoms with van der Waals surface area (Å²) in [5, 5.41) is 2.46. The summed E-state index contributed by atoms with van der Waals surface area (Å²) in [6.45, 7) is 0. The number of alkyl halides is 1. The highest BCUT2D eigenvalue weighted by atomic mass is 79.9. The standard InChI is InChI=1S/C9H12BrNO2S2/c10-7-9(4-2-5-9)11-15(12,13)8-3-1-6-14-8/h1,3,6,11H,2,4-5,7H2. The highest BCUT2D eigenvalue weighted by molar-refractivity contribution is 9.09. The van der Waals surface area contributed by atoms with Crippen LogP contribution in [0.15, 0.2) is 21.7 Å². The van der Waals surface area contributed by atoms with E-state index in [1.54, 1.807) is 17.5 Å². The van der Waals surface area contributed by atoms with E-state index >= 15 is 0 Å². The maximum Gasteiger partial charge on any atom is 0.250 e. The van der Waals surface area contributed by atoms with Gasteiger partial charge in [0.15, 0.2) is 0 Å². The molecular weight excluding hydrogens is 298 g/mol. The number of rotatable bonds is 4. The molecule has 3 nitrogen and oxygen atoms in total. The smallest absolute Gasteiger partial charge is 0.206 e. The molecule has 1 aromatic rings. The fourth-order valence-corrected chi connectivity index (χ4v) is 4.96. The monoisotopic (exact) mass is 309 g/mol. The van der Waals surface area contributed by atoms with Crippen LogP contribution in [0.2, 0.25) is 0 Å². The lowest BCUT2D eigenvalue weighted by atomic mass is 9.80. The van der Waals surface area contributed by atoms with Crippen LogP contribution in [0.25, 0.3) is 0 Å². The van der Waals surface area contributed by atoms with E-state index in [0.29, 0.717) is 9.54 Å². The van der Waals surface area contributed by atoms with Crippen molar-refractivity contribution >= 4 is 37.3 Å². The number of hydrogen-bond acceptors (Lipinski definition) is 3. The van der Waals surface area contributed by atoms with Gasteiger partial charge in [-0.2, -0.15) is 0 Å². The van der Waals surface area contributed by atoms with Gasteiger partial charge in [-0.1, -0.05) is 22.0 Å². The van der Waals surface area contributed by atoms with Gasteiger partial charge in [-0.25, -0.2) is 13.1 Å². The van der Waals surface area contributed by atoms with Crippen LogP contribution in [0.1, 0.15) is 19.3 Å². The summed E-state index contributed by atoms with van der Waals surface area (Å²) in [5.74, 6) is 0. The predicted octanol–water partition coefficient (Wildman–Crippen LogP) is 2.34. The van der Waals surface area contributed by atoms with Crippen molar-refractivity contribution in [2.24, 2.45) is 0 Å². The molecule has 6 heteroatoms. The molecule has 0 amide bonds. The highest BCUT2D eigenvalue weighted by Gasteiger charge is 2.39. The first-order chi connectivity index (χ1) is 7.08. The van der Waals surface area contributed by atoms with E-state index in [9.17, 15) is 8.42 Å². The SMILES string of the molecule is O=S(=O)(NC1(CBr)CCC1)c1cccs1. The highest BCUT2D eigenvalue weighted by Crippen LogP contribution is 2.35. The van der Waals surface area contributed by atoms with Gasteiger partial charge < -0.3 is 0 Å². The molecule has 0 aliphatic heterocycles. The second kappa shape index (κ2) is 4.16. The molecule has 1 fully saturated rings. The Labute approximate surface area is 102 Å². The quantitative estimate of drug-likeness (QED) is 0.868. The third-order valence-electron chi connectivity index (χ3n) is 2.68. The first-order valence-corrected chi connectivity index (χ1v) is 8.20. The molecule has 1 aliphatic carbocycles. The molecule has 0 spiro atoms. The minimum absolute atomic E-state index is 0.247. The zero-order valence-electron chi connectivity index (χ0n) is 8.07. The van der Waals surface area contributed by atoms with Gasteiger partial charge in [-0.3, -0.25) is 0 Å². The molecule has 0 unspecified atom stereocenters. The average molecular weight is 310 g/mol. The Bertz CT molecular complexity index is 417. The molecule has 1 aliphatic rings. The predicted molar refractivity (Wildman–Crippen MR) is 65.0 cm³/mol. The minimum atomic E-state index is -3.31. The van der Waals surface area contributed by atoms with E-state index < -0.39 is 10.0 Å². The maximum atomic E-state index is 11.9. The van der Waals surface area contributed by atoms with Crippen LogP contribution in [0, 0.1) is 0 Å². The Kier molecular flexibility index (Phi) is 3.21. The van der Waals surface area contributed by atoms with Gasteiger partial charge in [0.05, 0.1) is 0 Å². The molecule has 0 aromatic carbocycles. The average Bonchev–Trinajstić information content (AvgIpc) is 2.64. The summed E-state index contributed by atoms with van der Waals surface area (Å²) in [6.07, 6.45) is 2.93. The van der Waals surface area contributed by atoms with Crippen molar-refractivity contribution in [2.45, 2.75) is 29.0 Å². The van der Waals surface area contributed by atoms with Crippen molar-refractivity contribution < 1.29 is 8.42 Å². The summed E-state index contributed by atoms with van der Waals surface area (Å²) in [4.78, 5) is 0. The summed E-state index contributed by atoms with van der Waals surface area (Å²) in [7, 11) is -3.31. The van der Waals surface area contributed by atoms with Gasteiger partial charge in [-0.15, -0.1) is 11.3 Å². The first kappa shape index (κ1) is 11.6. The van der Waals surface area contributed by atoms with Gasteiger partial charge in [-0.05, 0) is 30.7 Å². The largest absolute Gasteiger partial charge is 0.250 e. The van der Waals surface area contributed by atoms with Crippen molar-refractivity contribution in [3.8, 4) is 0 Å². The van der Waals surface area contributed by atoms with E-state index in [-0.39, 0.29) is 5.54 Å². The van der Waals surface area contributed by atoms with Gasteiger partial charge in [0, 0.05) is 10.9 Å². The van der Waals surface area contributed by atoms with E-state index in [1.165, 1.54) is 11.3 Å². The van der Waals surface area contributed by atoms with Crippen LogP contribution in [0.4, 0.5) is 0 Å². The number of halogens is 1. The van der Waals surface area contributed by atoms with Crippen molar-refractivity contribution in [2.75, 3.05) is 5.33 Å². The Morgan fingerprint density at radius 3 is 2.67 bits per heavy atom. The van der Waals surface area contributed by atoms with Gasteiger partial charge in [0.1, 0.15) is 4.21 Å². The maximum absolute atomic E-state index is 11.9. The topological polar surface area (TPSA) is 46.2 Å². The number of hydrogen-bond donors (Lipinski definition) is 1. The molecule has 0 radical (unpaired) electrons. The van der Waals surface area contributed by atoms with Crippen LogP contribution in [0.5, 0.6) is 0 Å². The normalized spacial score (nSPS) is 19.8. The molecule has 1 N–H and O–H groups in total. The van der Waals surface area contributed by atoms with E-state index in [1.807, 2.05) is 0 Å². The fourth-order valence-electron chi connectivity index (χ4n) is 1.62. The summed E-state index contributed by atoms with van der Waals surface area (Å²) in [5.41, 5.74) is -0.247. The lowest BCUT2D eigenvalue weighted by Crippen LogP contribution is -2.54. The Morgan fingerprint density at radius 2 is 2.27 bits per heavy atom. The van der Waals surface area contributed by atoms with Crippen molar-refractivity contribution in [3.63, 3.8) is 0 Å². The molecule has 0 saturated heterocycles. The van der Waals surface area contributed by atoms with Crippen molar-refractivity contribution in [1.82, 2.24) is 4.72 Å². The van der Waals surface area contributed by atoms with E-state index in [2.05, 4.69) is 20.7 Å². The lowest BCUT2D eigenvalue weighted by Gasteiger charge is -2.40. The molecule has 2 rings (SSSR count). The molecule has 84 valence electrons. The second-order valence-corrected chi connectivity index (χ2v) is 7.22. The molecule has 15 heavy (non-hydrogen) atoms. The molecule has 0 bridgehead atoms. The van der Waals surface area contributed by atoms with E-state index in [0.717, 1.165) is 19.3 Å². The Hall–Kier alpha value is 0.0900. The van der Waals surface area contributed by atoms with E-state index in [4.69, 9.17) is 0 Å². The lowest BCUT2D eigenvalue weighted by molar-refractivity contribution is 0.256. The minimum Gasteiger partial charge on any atom is -0.206 e. The van der Waals surface area contributed by atoms with Gasteiger partial charge >= 0.3 is 0 Å². The third-order valence-corrected chi connectivity index (χ3v) is 6.73. The van der Waals surface area contributed by atoms with Gasteiger partial charge in [0.2, 0.25) is 0 Å². The summed E-state index contributed by atoms with van der Waals surface area (Å²) >= 11 is 4.63. The number of thiophene rings is 1. The first-order valence-electron chi connectivity index (χ1n) is 4.71. The molecule has 1 aromatic heterocycles. The second-order valence-electron chi connectivity index (χ2n) is 3.81. The third kappa shape index (κ3) is 2.27. The Morgan fingerprint density at radius 1 is 1.53 bits per heavy atom. The number of sulfonamides is 1. The summed E-state index contributed by atoms with van der Waals surface area (Å²) < 4.78 is 27.1. The van der Waals surface area contributed by atoms with Crippen LogP contribution in [0.3, 0.4) is 0 Å². The van der Waals surface area contributed by atoms with Gasteiger partial charge in [0.25, 0.3) is 10.0 Å².